The smallest absolute Gasteiger partial charge is 0.412 e. The van der Waals surface area contributed by atoms with Gasteiger partial charge in [-0.25, -0.2) is 4.79 Å². The first kappa shape index (κ1) is 57.2. The van der Waals surface area contributed by atoms with E-state index in [4.69, 9.17) is 47.4 Å². The van der Waals surface area contributed by atoms with Gasteiger partial charge in [0, 0.05) is 84.7 Å². The van der Waals surface area contributed by atoms with Gasteiger partial charge < -0.3 is 52.5 Å². The monoisotopic (exact) mass is 1060 g/mol. The van der Waals surface area contributed by atoms with Gasteiger partial charge in [-0.1, -0.05) is 86.0 Å². The first-order chi connectivity index (χ1) is 34.8. The molecule has 17 heteroatoms. The number of esters is 2. The number of rotatable bonds is 18. The van der Waals surface area contributed by atoms with Crippen molar-refractivity contribution >= 4 is 31.9 Å². The number of likely N-dealkylation sites (tertiary alicyclic amines) is 1. The number of aliphatic hydroxyl groups is 1. The number of hydrogen-bond acceptors (Lipinski definition) is 15. The summed E-state index contributed by atoms with van der Waals surface area (Å²) in [6.45, 7) is 27.8. The van der Waals surface area contributed by atoms with Crippen LogP contribution in [0, 0.1) is 35.5 Å². The van der Waals surface area contributed by atoms with Crippen LogP contribution in [-0.4, -0.2) is 140 Å². The predicted molar refractivity (Wildman–Crippen MR) is 277 cm³/mol. The van der Waals surface area contributed by atoms with Crippen LogP contribution in [0.15, 0.2) is 36.5 Å². The number of nitrogens with zero attached hydrogens (tertiary/aromatic N) is 1. The number of unbranched alkanes of at least 4 members (excludes halogenated alkanes) is 1. The third-order valence-electron chi connectivity index (χ3n) is 17.3. The molecule has 1 amide bonds. The Morgan fingerprint density at radius 3 is 2.34 bits per heavy atom. The highest BCUT2D eigenvalue weighted by Gasteiger charge is 2.65. The molecule has 8 rings (SSSR count). The molecule has 2 bridgehead atoms. The van der Waals surface area contributed by atoms with Crippen LogP contribution in [0.4, 0.5) is 4.79 Å². The fourth-order valence-electron chi connectivity index (χ4n) is 13.7. The topological polar surface area (TPSA) is 184 Å². The van der Waals surface area contributed by atoms with Gasteiger partial charge in [0.05, 0.1) is 49.8 Å². The fourth-order valence-corrected chi connectivity index (χ4v) is 14.4. The average Bonchev–Trinajstić information content (AvgIpc) is 4.00. The maximum Gasteiger partial charge on any atom is 0.412 e. The van der Waals surface area contributed by atoms with Gasteiger partial charge in [-0.05, 0) is 80.4 Å². The molecule has 0 aromatic carbocycles. The second kappa shape index (κ2) is 22.8. The van der Waals surface area contributed by atoms with Gasteiger partial charge in [0.15, 0.2) is 28.9 Å². The summed E-state index contributed by atoms with van der Waals surface area (Å²) >= 11 is 0. The molecular weight excluding hydrogens is 967 g/mol. The molecule has 0 aromatic rings. The van der Waals surface area contributed by atoms with Crippen LogP contribution in [-0.2, 0) is 61.8 Å². The van der Waals surface area contributed by atoms with Crippen molar-refractivity contribution in [2.24, 2.45) is 35.5 Å². The van der Waals surface area contributed by atoms with E-state index in [1.54, 1.807) is 6.92 Å². The number of carbonyl (C=O) groups is 4. The molecule has 0 saturated carbocycles. The van der Waals surface area contributed by atoms with Crippen molar-refractivity contribution in [1.82, 2.24) is 4.90 Å². The van der Waals surface area contributed by atoms with E-state index in [1.807, 2.05) is 24.0 Å². The van der Waals surface area contributed by atoms with Crippen LogP contribution in [0.3, 0.4) is 0 Å². The van der Waals surface area contributed by atoms with Crippen LogP contribution >= 0.6 is 0 Å². The Bertz CT molecular complexity index is 2110. The van der Waals surface area contributed by atoms with Crippen LogP contribution in [0.25, 0.3) is 0 Å². The van der Waals surface area contributed by atoms with Crippen LogP contribution < -0.4 is 0 Å². The number of ketones is 1. The SMILES string of the molecule is C=C(C[C@@]12C[C@@H](C)C[C@@H](O1)[C@H]1O[C@@]3(C[C@H]1O2)[C@@H](C)C[C@@H](C)CN3C(=O)OCC[Si](C)(C)C)[C@@H](OC(C)=O)[C@@H](C)C[C@@H](C)C(=O)[C@@H](O)[C@H]1C[C@@H]2O[C@]3(CC[C@]4(C=CC[C@@H](/C=C/CCCOC(C)=O)O4)O3)[C@@H](C)C[C@@H]2O1. The number of carbonyl (C=O) groups excluding carboxylic acids is 4. The molecule has 7 saturated heterocycles. The Labute approximate surface area is 441 Å². The molecule has 0 aliphatic carbocycles. The number of piperidine rings is 1. The molecule has 16 nitrogen and oxygen atoms in total. The van der Waals surface area contributed by atoms with Gasteiger partial charge >= 0.3 is 18.0 Å². The minimum atomic E-state index is -1.43. The summed E-state index contributed by atoms with van der Waals surface area (Å²) in [7, 11) is -1.43. The highest BCUT2D eigenvalue weighted by molar-refractivity contribution is 6.76. The fraction of sp³-hybridized carbons (Fsp3) is 0.825. The summed E-state index contributed by atoms with van der Waals surface area (Å²) in [5.41, 5.74) is -0.277. The third-order valence-corrected chi connectivity index (χ3v) is 19.0. The molecule has 8 aliphatic rings. The maximum atomic E-state index is 14.2. The van der Waals surface area contributed by atoms with Crippen LogP contribution in [0.1, 0.15) is 139 Å². The highest BCUT2D eigenvalue weighted by atomic mass is 28.3. The van der Waals surface area contributed by atoms with Gasteiger partial charge in [0.25, 0.3) is 0 Å². The van der Waals surface area contributed by atoms with E-state index in [2.05, 4.69) is 66.1 Å². The zero-order valence-corrected chi connectivity index (χ0v) is 47.3. The minimum absolute atomic E-state index is 0.0369. The number of hydrogen-bond donors (Lipinski definition) is 1. The van der Waals surface area contributed by atoms with Crippen LogP contribution in [0.2, 0.25) is 25.7 Å². The first-order valence-electron chi connectivity index (χ1n) is 28.1. The second-order valence-corrected chi connectivity index (χ2v) is 30.8. The minimum Gasteiger partial charge on any atom is -0.466 e. The van der Waals surface area contributed by atoms with Gasteiger partial charge in [-0.2, -0.15) is 0 Å². The molecule has 416 valence electrons. The normalized spacial score (nSPS) is 40.2. The van der Waals surface area contributed by atoms with E-state index < -0.39 is 61.4 Å². The number of ether oxygens (including phenoxy) is 10. The van der Waals surface area contributed by atoms with Gasteiger partial charge in [-0.15, -0.1) is 0 Å². The molecular formula is C57H89NO15Si. The standard InChI is InChI=1S/C57H89NO15Si/c1-34-26-47-52-48(32-56(72-52)39(6)25-35(2)33-58(56)53(63)65-23-24-74(10,11)12)70-55(30-34,69-47)31-38(5)51(66-42(9)60)37(4)27-36(3)49(61)50(62)46-29-45-44(67-46)28-40(7)57(71-45)21-20-54(73-57)19-16-18-43(68-54)17-14-13-15-22-64-41(8)59/h14,16-17,19,34-37,39-40,43-48,50-52,62H,5,13,15,18,20-33H2,1-4,6-12H3/b17-14+/t34-,35+,36+,37-,39-,40-,43+,44-,45-,46+,47+,48+,50-,51-,52+,54-,55-,56-,57-/m0/s1. The lowest BCUT2D eigenvalue weighted by atomic mass is 9.78. The van der Waals surface area contributed by atoms with E-state index in [-0.39, 0.29) is 90.5 Å². The molecule has 7 fully saturated rings. The Balaban J connectivity index is 0.869. The lowest BCUT2D eigenvalue weighted by Crippen LogP contribution is -2.61. The maximum absolute atomic E-state index is 14.2. The van der Waals surface area contributed by atoms with Crippen LogP contribution in [0.5, 0.6) is 0 Å². The van der Waals surface area contributed by atoms with Crippen molar-refractivity contribution in [2.45, 2.75) is 243 Å². The largest absolute Gasteiger partial charge is 0.466 e. The van der Waals surface area contributed by atoms with E-state index >= 15 is 0 Å². The Kier molecular flexibility index (Phi) is 17.6. The zero-order valence-electron chi connectivity index (χ0n) is 46.3. The number of amides is 1. The van der Waals surface area contributed by atoms with E-state index in [1.165, 1.54) is 13.8 Å². The molecule has 8 heterocycles. The molecule has 1 N–H and O–H groups in total. The van der Waals surface area contributed by atoms with Crippen molar-refractivity contribution in [3.05, 3.63) is 36.5 Å². The summed E-state index contributed by atoms with van der Waals surface area (Å²) in [6, 6.07) is 0.884. The average molecular weight is 1060 g/mol. The summed E-state index contributed by atoms with van der Waals surface area (Å²) in [4.78, 5) is 53.8. The molecule has 3 spiro atoms. The zero-order chi connectivity index (χ0) is 53.5. The molecule has 19 atom stereocenters. The summed E-state index contributed by atoms with van der Waals surface area (Å²) in [5.74, 6) is -4.44. The lowest BCUT2D eigenvalue weighted by Gasteiger charge is -2.52. The predicted octanol–water partition coefficient (Wildman–Crippen LogP) is 9.33. The number of aliphatic hydroxyl groups excluding tert-OH is 1. The molecule has 0 aromatic heterocycles. The van der Waals surface area contributed by atoms with Gasteiger partial charge in [0.1, 0.15) is 18.3 Å². The Morgan fingerprint density at radius 2 is 1.61 bits per heavy atom. The van der Waals surface area contributed by atoms with Gasteiger partial charge in [-0.3, -0.25) is 19.3 Å². The van der Waals surface area contributed by atoms with Crippen molar-refractivity contribution in [3.63, 3.8) is 0 Å². The molecule has 0 radical (unpaired) electrons. The number of Topliss-reactive ketones (excluding diaryl/α,β-unsaturated/α-hetero) is 1. The van der Waals surface area contributed by atoms with Crippen molar-refractivity contribution in [3.8, 4) is 0 Å². The van der Waals surface area contributed by atoms with E-state index in [0.29, 0.717) is 70.3 Å². The summed E-state index contributed by atoms with van der Waals surface area (Å²) in [5, 5.41) is 11.7. The Hall–Kier alpha value is -3.00. The second-order valence-electron chi connectivity index (χ2n) is 25.2. The Morgan fingerprint density at radius 1 is 0.851 bits per heavy atom. The molecule has 0 unspecified atom stereocenters. The van der Waals surface area contributed by atoms with Crippen molar-refractivity contribution in [1.29, 1.82) is 0 Å². The lowest BCUT2D eigenvalue weighted by molar-refractivity contribution is -0.365. The third kappa shape index (κ3) is 12.6. The first-order valence-corrected chi connectivity index (χ1v) is 31.8. The van der Waals surface area contributed by atoms with Crippen molar-refractivity contribution < 1.29 is 71.7 Å². The number of fused-ring (bicyclic) bond motifs is 5. The quantitative estimate of drug-likeness (QED) is 0.0450. The van der Waals surface area contributed by atoms with Crippen molar-refractivity contribution in [2.75, 3.05) is 19.8 Å². The summed E-state index contributed by atoms with van der Waals surface area (Å²) < 4.78 is 64.7. The molecule has 8 aliphatic heterocycles. The summed E-state index contributed by atoms with van der Waals surface area (Å²) in [6.07, 6.45) is 10.9. The molecule has 74 heavy (non-hydrogen) atoms. The van der Waals surface area contributed by atoms with E-state index in [9.17, 15) is 24.3 Å². The van der Waals surface area contributed by atoms with E-state index in [0.717, 1.165) is 38.1 Å². The van der Waals surface area contributed by atoms with Gasteiger partial charge in [0.2, 0.25) is 0 Å². The highest BCUT2D eigenvalue weighted by Crippen LogP contribution is 2.56. The number of allylic oxidation sites excluding steroid dienone is 1.